The first-order valence-electron chi connectivity index (χ1n) is 39.7. The number of nitrogens with zero attached hydrogens (tertiary/aromatic N) is 16. The van der Waals surface area contributed by atoms with Crippen molar-refractivity contribution in [3.63, 3.8) is 0 Å². The molecule has 12 heterocycles. The molecule has 4 aliphatic carbocycles. The third-order valence-electron chi connectivity index (χ3n) is 23.3. The van der Waals surface area contributed by atoms with E-state index in [1.165, 1.54) is 95.0 Å². The summed E-state index contributed by atoms with van der Waals surface area (Å²) < 4.78 is 113. The van der Waals surface area contributed by atoms with Crippen molar-refractivity contribution >= 4 is 70.6 Å². The van der Waals surface area contributed by atoms with Crippen LogP contribution in [0.25, 0.3) is 0 Å². The van der Waals surface area contributed by atoms with Crippen LogP contribution < -0.4 is 41.3 Å². The lowest BCUT2D eigenvalue weighted by molar-refractivity contribution is -0.121. The highest BCUT2D eigenvalue weighted by Gasteiger charge is 2.56. The number of aromatic nitrogens is 12. The molecule has 4 saturated carbocycles. The fourth-order valence-electron chi connectivity index (χ4n) is 16.5. The minimum absolute atomic E-state index is 0.0139. The number of pyridine rings is 4. The van der Waals surface area contributed by atoms with Gasteiger partial charge >= 0.3 is 5.97 Å². The molecule has 20 rings (SSSR count). The van der Waals surface area contributed by atoms with Crippen molar-refractivity contribution in [2.24, 2.45) is 29.4 Å². The van der Waals surface area contributed by atoms with Gasteiger partial charge in [0.2, 0.25) is 11.6 Å². The number of anilines is 4. The van der Waals surface area contributed by atoms with E-state index in [9.17, 15) is 73.5 Å². The number of amides is 7. The van der Waals surface area contributed by atoms with Crippen molar-refractivity contribution in [2.45, 2.75) is 99.7 Å². The van der Waals surface area contributed by atoms with Crippen LogP contribution >= 0.6 is 0 Å². The molecule has 0 spiro atoms. The molecule has 8 aromatic heterocycles. The van der Waals surface area contributed by atoms with Crippen LogP contribution in [0, 0.1) is 70.2 Å². The Labute approximate surface area is 706 Å². The number of carbonyl (C=O) groups excluding carboxylic acids is 7. The molecule has 0 saturated heterocycles. The zero-order chi connectivity index (χ0) is 88.1. The zero-order valence-corrected chi connectivity index (χ0v) is 67.0. The van der Waals surface area contributed by atoms with Crippen molar-refractivity contribution in [3.8, 4) is 0 Å². The molecular weight excluding hydrogens is 1630 g/mol. The summed E-state index contributed by atoms with van der Waals surface area (Å²) >= 11 is 0. The number of rotatable bonds is 15. The maximum absolute atomic E-state index is 14.4. The van der Waals surface area contributed by atoms with Crippen LogP contribution in [0.3, 0.4) is 0 Å². The van der Waals surface area contributed by atoms with E-state index in [-0.39, 0.29) is 132 Å². The highest BCUT2D eigenvalue weighted by atomic mass is 19.2. The van der Waals surface area contributed by atoms with Gasteiger partial charge in [-0.25, -0.2) is 59.9 Å². The Bertz CT molecular complexity index is 5730. The summed E-state index contributed by atoms with van der Waals surface area (Å²) in [5, 5.41) is 32.4. The quantitative estimate of drug-likeness (QED) is 0.0596. The van der Waals surface area contributed by atoms with Crippen molar-refractivity contribution in [3.05, 3.63) is 309 Å². The second kappa shape index (κ2) is 34.8. The van der Waals surface area contributed by atoms with E-state index in [0.717, 1.165) is 77.7 Å². The second-order valence-corrected chi connectivity index (χ2v) is 31.6. The Balaban J connectivity index is 0.000000118. The van der Waals surface area contributed by atoms with Gasteiger partial charge in [0.1, 0.15) is 64.7 Å². The minimum Gasteiger partial charge on any atom is -0.476 e. The molecule has 0 bridgehead atoms. The Morgan fingerprint density at radius 2 is 0.584 bits per heavy atom. The Morgan fingerprint density at radius 1 is 0.352 bits per heavy atom. The summed E-state index contributed by atoms with van der Waals surface area (Å²) in [7, 11) is 6.61. The summed E-state index contributed by atoms with van der Waals surface area (Å²) in [5.74, 6) is -5.74. The van der Waals surface area contributed by atoms with E-state index in [4.69, 9.17) is 10.8 Å². The van der Waals surface area contributed by atoms with Crippen LogP contribution in [0.2, 0.25) is 0 Å². The standard InChI is InChI=1S/3C22H19F2N5O2.C11H8F2N2O2.C11H13N3O/c3*1-28-20-14(3-2-8-25-20)15-9-16(15)18(22(28)31)26-21(30)19-17(24)11-29(27-19)10-12-4-6-13(23)7-5-12;12-8-3-1-7(2-4-8)5-15-6-9(13)10(14-15)11(16)17;1-14-10-6(3-2-4-13-10)7-5-8(7)9(12)11(14)15/h3*2-8,11,15-16,18H,9-10H2,1H3,(H,26,30);1-4,6H,5H2,(H,16,17);2-4,7-9H,5,12H2,1H3/t15-,16?,18-;2*15-,16-,18-;;7-,8?,9-/m010.0/s1. The third-order valence-corrected chi connectivity index (χ3v) is 23.3. The first-order chi connectivity index (χ1) is 60.0. The van der Waals surface area contributed by atoms with Gasteiger partial charge in [0.15, 0.2) is 40.4 Å². The van der Waals surface area contributed by atoms with Gasteiger partial charge in [-0.1, -0.05) is 72.8 Å². The summed E-state index contributed by atoms with van der Waals surface area (Å²) in [4.78, 5) is 123. The lowest BCUT2D eigenvalue weighted by atomic mass is 10.1. The molecule has 2 unspecified atom stereocenters. The number of carbonyl (C=O) groups is 8. The molecule has 0 radical (unpaired) electrons. The van der Waals surface area contributed by atoms with Crippen LogP contribution in [0.1, 0.15) is 136 Å². The van der Waals surface area contributed by atoms with Gasteiger partial charge in [-0.3, -0.25) is 71.9 Å². The lowest BCUT2D eigenvalue weighted by Gasteiger charge is -2.22. The van der Waals surface area contributed by atoms with Gasteiger partial charge in [-0.15, -0.1) is 0 Å². The summed E-state index contributed by atoms with van der Waals surface area (Å²) in [6.07, 6.45) is 14.2. The molecule has 7 amide bonds. The van der Waals surface area contributed by atoms with Crippen LogP contribution in [-0.2, 0) is 45.4 Å². The number of hydrogen-bond acceptors (Lipinski definition) is 17. The largest absolute Gasteiger partial charge is 0.476 e. The van der Waals surface area contributed by atoms with Crippen molar-refractivity contribution < 1.29 is 78.6 Å². The van der Waals surface area contributed by atoms with Crippen molar-refractivity contribution in [1.29, 1.82) is 0 Å². The number of halogens is 8. The first-order valence-corrected chi connectivity index (χ1v) is 39.7. The third kappa shape index (κ3) is 17.9. The molecule has 29 nitrogen and oxygen atoms in total. The van der Waals surface area contributed by atoms with Crippen LogP contribution in [0.5, 0.6) is 0 Å². The SMILES string of the molecule is CN1C(=O)[C@@H](N)C2C[C@H]2c2cccnc21.CN1C(=O)[C@@H](NC(=O)c2nn(Cc3ccc(F)cc3)cc2F)C2C[C@H]2c2cccnc21.CN1C(=O)[C@@H](NC(=O)c2nn(Cc3ccc(F)cc3)cc2F)[C@H]2C[C@H]2c2cccnc21.CN1C(=O)[C@H](NC(=O)c2nn(Cc3ccc(F)cc3)cc2F)[C@@H]2C[C@@H]2c2cccnc21.O=C(O)c1nn(Cc2ccc(F)cc2)cc1F. The summed E-state index contributed by atoms with van der Waals surface area (Å²) in [6, 6.07) is 35.4. The fourth-order valence-corrected chi connectivity index (χ4v) is 16.5. The van der Waals surface area contributed by atoms with E-state index in [0.29, 0.717) is 51.5 Å². The van der Waals surface area contributed by atoms with E-state index in [2.05, 4.69) is 62.3 Å². The van der Waals surface area contributed by atoms with E-state index >= 15 is 0 Å². The monoisotopic (exact) mass is 1710 g/mol. The van der Waals surface area contributed by atoms with E-state index in [1.807, 2.05) is 42.5 Å². The molecule has 37 heteroatoms. The minimum atomic E-state index is -1.42. The number of hydrogen-bond donors (Lipinski definition) is 5. The van der Waals surface area contributed by atoms with Gasteiger partial charge < -0.3 is 26.8 Å². The molecule has 4 aromatic carbocycles. The maximum Gasteiger partial charge on any atom is 0.359 e. The zero-order valence-electron chi connectivity index (χ0n) is 67.0. The Kier molecular flexibility index (Phi) is 23.4. The van der Waals surface area contributed by atoms with Crippen molar-refractivity contribution in [1.82, 2.24) is 75.0 Å². The molecule has 12 aromatic rings. The number of benzene rings is 4. The highest BCUT2D eigenvalue weighted by molar-refractivity contribution is 6.05. The van der Waals surface area contributed by atoms with E-state index in [1.54, 1.807) is 94.3 Å². The average molecular weight is 1710 g/mol. The molecule has 125 heavy (non-hydrogen) atoms. The van der Waals surface area contributed by atoms with E-state index < -0.39 is 70.8 Å². The molecular formula is C88H78F8N20O9. The number of carboxylic acid groups (broad SMARTS) is 1. The lowest BCUT2D eigenvalue weighted by Crippen LogP contribution is -2.48. The normalized spacial score (nSPS) is 21.6. The second-order valence-electron chi connectivity index (χ2n) is 31.6. The smallest absolute Gasteiger partial charge is 0.359 e. The molecule has 6 N–H and O–H groups in total. The predicted molar refractivity (Wildman–Crippen MR) is 433 cm³/mol. The molecule has 4 fully saturated rings. The Morgan fingerprint density at radius 3 is 0.840 bits per heavy atom. The van der Waals surface area contributed by atoms with Crippen molar-refractivity contribution in [2.75, 3.05) is 47.8 Å². The Hall–Kier alpha value is -14.5. The predicted octanol–water partition coefficient (Wildman–Crippen LogP) is 9.85. The topological polar surface area (TPSA) is 355 Å². The summed E-state index contributed by atoms with van der Waals surface area (Å²) in [6.45, 7) is 0.730. The van der Waals surface area contributed by atoms with Crippen LogP contribution in [0.15, 0.2) is 195 Å². The number of nitrogens with one attached hydrogen (secondary N) is 3. The molecule has 4 aliphatic heterocycles. The van der Waals surface area contributed by atoms with Crippen LogP contribution in [0.4, 0.5) is 58.4 Å². The maximum atomic E-state index is 14.4. The average Bonchev–Trinajstić information content (AvgIpc) is 1.60. The van der Waals surface area contributed by atoms with Gasteiger partial charge in [-0.2, -0.15) is 20.4 Å². The number of aromatic carboxylic acids is 1. The molecule has 12 atom stereocenters. The fraction of sp³-hybridized carbons (Fsp3) is 0.273. The van der Waals surface area contributed by atoms with Crippen LogP contribution in [-0.4, -0.2) is 164 Å². The van der Waals surface area contributed by atoms with Gasteiger partial charge in [0.05, 0.1) is 57.0 Å². The first kappa shape index (κ1) is 84.1. The number of likely N-dealkylation sites (N-methyl/N-ethyl adjacent to an activating group) is 4. The number of carboxylic acids is 1. The molecule has 640 valence electrons. The van der Waals surface area contributed by atoms with Gasteiger partial charge in [-0.05, 0) is 190 Å². The highest BCUT2D eigenvalue weighted by Crippen LogP contribution is 2.57. The van der Waals surface area contributed by atoms with Gasteiger partial charge in [0.25, 0.3) is 35.4 Å². The molecule has 8 aliphatic rings. The number of nitrogens with two attached hydrogens (primary N) is 1. The number of fused-ring (bicyclic) bond motifs is 12. The van der Waals surface area contributed by atoms with Gasteiger partial charge in [0, 0.05) is 53.0 Å². The summed E-state index contributed by atoms with van der Waals surface area (Å²) in [5.41, 5.74) is 11.1.